The third kappa shape index (κ3) is 4.82. The van der Waals surface area contributed by atoms with Gasteiger partial charge in [0.15, 0.2) is 9.84 Å². The van der Waals surface area contributed by atoms with E-state index in [1.165, 1.54) is 42.7 Å². The first kappa shape index (κ1) is 22.0. The number of sulfone groups is 1. The summed E-state index contributed by atoms with van der Waals surface area (Å²) in [6.45, 7) is 4.02. The second-order valence-electron chi connectivity index (χ2n) is 8.25. The van der Waals surface area contributed by atoms with Gasteiger partial charge in [-0.15, -0.1) is 11.3 Å². The molecule has 1 aliphatic heterocycles. The van der Waals surface area contributed by atoms with Crippen molar-refractivity contribution in [2.24, 2.45) is 0 Å². The van der Waals surface area contributed by atoms with Gasteiger partial charge in [0.25, 0.3) is 0 Å². The Kier molecular flexibility index (Phi) is 6.67. The van der Waals surface area contributed by atoms with Gasteiger partial charge >= 0.3 is 0 Å². The monoisotopic (exact) mass is 471 g/mol. The number of anilines is 1. The Morgan fingerprint density at radius 1 is 1.23 bits per heavy atom. The summed E-state index contributed by atoms with van der Waals surface area (Å²) in [5.41, 5.74) is 1.22. The van der Waals surface area contributed by atoms with Gasteiger partial charge in [-0.05, 0) is 57.8 Å². The number of hydrogen-bond donors (Lipinski definition) is 1. The fourth-order valence-corrected chi connectivity index (χ4v) is 7.35. The fraction of sp³-hybridized carbons (Fsp3) is 0.571. The van der Waals surface area contributed by atoms with Gasteiger partial charge in [-0.25, -0.2) is 17.8 Å². The molecular weight excluding hydrogens is 445 g/mol. The van der Waals surface area contributed by atoms with E-state index in [-0.39, 0.29) is 21.7 Å². The van der Waals surface area contributed by atoms with Crippen molar-refractivity contribution in [3.63, 3.8) is 0 Å². The molecule has 0 bridgehead atoms. The molecule has 0 amide bonds. The minimum Gasteiger partial charge on any atom is -0.379 e. The molecule has 0 unspecified atom stereocenters. The van der Waals surface area contributed by atoms with Gasteiger partial charge in [-0.2, -0.15) is 0 Å². The molecule has 1 aromatic carbocycles. The molecule has 1 saturated carbocycles. The van der Waals surface area contributed by atoms with E-state index < -0.39 is 15.7 Å². The summed E-state index contributed by atoms with van der Waals surface area (Å²) in [4.78, 5) is 6.34. The Morgan fingerprint density at radius 3 is 2.67 bits per heavy atom. The third-order valence-corrected chi connectivity index (χ3v) is 9.12. The quantitative estimate of drug-likeness (QED) is 0.639. The van der Waals surface area contributed by atoms with Gasteiger partial charge < -0.3 is 5.32 Å². The van der Waals surface area contributed by atoms with Gasteiger partial charge in [-0.1, -0.05) is 24.4 Å². The molecule has 4 rings (SSSR count). The number of nitrogens with zero attached hydrogens (tertiary/aromatic N) is 2. The molecule has 1 aliphatic carbocycles. The van der Waals surface area contributed by atoms with E-state index in [9.17, 15) is 12.8 Å². The molecule has 1 aromatic heterocycles. The summed E-state index contributed by atoms with van der Waals surface area (Å²) < 4.78 is 40.4. The topological polar surface area (TPSA) is 62.3 Å². The number of nitrogens with one attached hydrogen (secondary N) is 1. The SMILES string of the molecule is Cc1csc(CS(=O)(=O)c2cc(Cl)c(N[C@H]3CCCC[C@@H]3N3CCCC3)cc2F)n1. The number of hydrogen-bond acceptors (Lipinski definition) is 6. The summed E-state index contributed by atoms with van der Waals surface area (Å²) in [6.07, 6.45) is 6.91. The van der Waals surface area contributed by atoms with Crippen molar-refractivity contribution in [2.45, 2.75) is 68.2 Å². The molecule has 2 heterocycles. The third-order valence-electron chi connectivity index (χ3n) is 6.02. The Bertz CT molecular complexity index is 1010. The molecule has 1 saturated heterocycles. The van der Waals surface area contributed by atoms with Crippen LogP contribution in [-0.4, -0.2) is 43.5 Å². The molecule has 30 heavy (non-hydrogen) atoms. The van der Waals surface area contributed by atoms with Crippen LogP contribution in [0.15, 0.2) is 22.4 Å². The lowest BCUT2D eigenvalue weighted by Crippen LogP contribution is -2.47. The Balaban J connectivity index is 1.54. The maximum atomic E-state index is 14.9. The number of aryl methyl sites for hydroxylation is 1. The zero-order valence-electron chi connectivity index (χ0n) is 17.0. The van der Waals surface area contributed by atoms with Crippen molar-refractivity contribution in [1.29, 1.82) is 0 Å². The van der Waals surface area contributed by atoms with Gasteiger partial charge in [0.05, 0.1) is 10.7 Å². The van der Waals surface area contributed by atoms with Gasteiger partial charge in [0, 0.05) is 23.2 Å². The molecule has 5 nitrogen and oxygen atoms in total. The second kappa shape index (κ2) is 9.10. The minimum atomic E-state index is -3.87. The van der Waals surface area contributed by atoms with Gasteiger partial charge in [0.2, 0.25) is 0 Å². The van der Waals surface area contributed by atoms with E-state index in [4.69, 9.17) is 11.6 Å². The normalized spacial score (nSPS) is 23.0. The van der Waals surface area contributed by atoms with Crippen LogP contribution in [0.5, 0.6) is 0 Å². The van der Waals surface area contributed by atoms with E-state index in [1.807, 2.05) is 0 Å². The van der Waals surface area contributed by atoms with E-state index in [0.29, 0.717) is 16.7 Å². The second-order valence-corrected chi connectivity index (χ2v) is 11.6. The molecule has 2 atom stereocenters. The average Bonchev–Trinajstić information content (AvgIpc) is 3.36. The van der Waals surface area contributed by atoms with Gasteiger partial charge in [0.1, 0.15) is 21.5 Å². The summed E-state index contributed by atoms with van der Waals surface area (Å²) in [7, 11) is -3.87. The lowest BCUT2D eigenvalue weighted by Gasteiger charge is -2.39. The molecule has 164 valence electrons. The van der Waals surface area contributed by atoms with Crippen LogP contribution in [0.3, 0.4) is 0 Å². The van der Waals surface area contributed by atoms with Crippen molar-refractivity contribution in [1.82, 2.24) is 9.88 Å². The number of benzene rings is 1. The molecular formula is C21H27ClFN3O2S2. The highest BCUT2D eigenvalue weighted by Crippen LogP contribution is 2.34. The molecule has 2 fully saturated rings. The molecule has 1 N–H and O–H groups in total. The summed E-state index contributed by atoms with van der Waals surface area (Å²) in [5.74, 6) is -1.10. The molecule has 0 spiro atoms. The van der Waals surface area contributed by atoms with Crippen LogP contribution in [0.4, 0.5) is 10.1 Å². The zero-order chi connectivity index (χ0) is 21.3. The Morgan fingerprint density at radius 2 is 1.97 bits per heavy atom. The van der Waals surface area contributed by atoms with Crippen LogP contribution in [-0.2, 0) is 15.6 Å². The number of thiazole rings is 1. The average molecular weight is 472 g/mol. The maximum absolute atomic E-state index is 14.9. The highest BCUT2D eigenvalue weighted by atomic mass is 35.5. The molecule has 9 heteroatoms. The van der Waals surface area contributed by atoms with E-state index in [2.05, 4.69) is 15.2 Å². The van der Waals surface area contributed by atoms with Crippen LogP contribution in [0, 0.1) is 12.7 Å². The van der Waals surface area contributed by atoms with Crippen molar-refractivity contribution in [2.75, 3.05) is 18.4 Å². The van der Waals surface area contributed by atoms with E-state index in [1.54, 1.807) is 12.3 Å². The predicted octanol–water partition coefficient (Wildman–Crippen LogP) is 5.04. The number of halogens is 2. The molecule has 2 aliphatic rings. The van der Waals surface area contributed by atoms with Crippen LogP contribution in [0.25, 0.3) is 0 Å². The first-order valence-electron chi connectivity index (χ1n) is 10.5. The lowest BCUT2D eigenvalue weighted by molar-refractivity contribution is 0.177. The summed E-state index contributed by atoms with van der Waals surface area (Å²) >= 11 is 7.68. The standard InChI is InChI=1S/C21H27ClFN3O2S2/c1-14-12-29-21(24-14)13-30(27,28)20-10-15(22)18(11-16(20)23)25-17-6-2-3-7-19(17)26-8-4-5-9-26/h10-12,17,19,25H,2-9,13H2,1H3/t17-,19-/m0/s1. The fourth-order valence-electron chi connectivity index (χ4n) is 4.58. The summed E-state index contributed by atoms with van der Waals surface area (Å²) in [5, 5.41) is 5.89. The Hall–Kier alpha value is -1.22. The Labute approximate surface area is 186 Å². The van der Waals surface area contributed by atoms with Crippen LogP contribution in [0.2, 0.25) is 5.02 Å². The first-order chi connectivity index (χ1) is 14.3. The number of likely N-dealkylation sites (tertiary alicyclic amines) is 1. The smallest absolute Gasteiger partial charge is 0.187 e. The predicted molar refractivity (Wildman–Crippen MR) is 120 cm³/mol. The van der Waals surface area contributed by atoms with Crippen molar-refractivity contribution in [3.05, 3.63) is 39.1 Å². The largest absolute Gasteiger partial charge is 0.379 e. The van der Waals surface area contributed by atoms with Crippen molar-refractivity contribution in [3.8, 4) is 0 Å². The van der Waals surface area contributed by atoms with Crippen molar-refractivity contribution < 1.29 is 12.8 Å². The molecule has 0 radical (unpaired) electrons. The van der Waals surface area contributed by atoms with Gasteiger partial charge in [-0.3, -0.25) is 4.90 Å². The van der Waals surface area contributed by atoms with Crippen molar-refractivity contribution >= 4 is 38.5 Å². The highest BCUT2D eigenvalue weighted by Gasteiger charge is 2.32. The van der Waals surface area contributed by atoms with Crippen LogP contribution < -0.4 is 5.32 Å². The summed E-state index contributed by atoms with van der Waals surface area (Å²) in [6, 6.07) is 3.08. The number of aromatic nitrogens is 1. The van der Waals surface area contributed by atoms with Crippen LogP contribution in [0.1, 0.15) is 49.2 Å². The first-order valence-corrected chi connectivity index (χ1v) is 13.4. The zero-order valence-corrected chi connectivity index (χ0v) is 19.4. The highest BCUT2D eigenvalue weighted by molar-refractivity contribution is 7.90. The van der Waals surface area contributed by atoms with E-state index in [0.717, 1.165) is 38.0 Å². The van der Waals surface area contributed by atoms with Crippen LogP contribution >= 0.6 is 22.9 Å². The lowest BCUT2D eigenvalue weighted by atomic mass is 9.89. The maximum Gasteiger partial charge on any atom is 0.187 e. The van der Waals surface area contributed by atoms with E-state index >= 15 is 0 Å². The minimum absolute atomic E-state index is 0.189. The number of rotatable bonds is 6. The molecule has 2 aromatic rings.